The smallest absolute Gasteiger partial charge is 0.382 e. The number of benzene rings is 1. The highest BCUT2D eigenvalue weighted by atomic mass is 19.4. The van der Waals surface area contributed by atoms with Gasteiger partial charge < -0.3 is 10.6 Å². The molecule has 0 radical (unpaired) electrons. The van der Waals surface area contributed by atoms with E-state index in [0.717, 1.165) is 44.8 Å². The number of nitrogens with one attached hydrogen (secondary N) is 3. The number of fused-ring (bicyclic) bond motifs is 2. The van der Waals surface area contributed by atoms with Crippen molar-refractivity contribution in [2.24, 2.45) is 7.05 Å². The minimum Gasteiger partial charge on any atom is -0.382 e. The number of nitrogens with zero attached hydrogens (tertiary/aromatic N) is 4. The van der Waals surface area contributed by atoms with Gasteiger partial charge >= 0.3 is 12.2 Å². The number of hydrogen-bond acceptors (Lipinski definition) is 6. The first-order valence-electron chi connectivity index (χ1n) is 12.3. The van der Waals surface area contributed by atoms with Gasteiger partial charge in [-0.05, 0) is 63.9 Å². The first-order valence-corrected chi connectivity index (χ1v) is 12.3. The molecule has 2 aliphatic rings. The van der Waals surface area contributed by atoms with Gasteiger partial charge in [0.25, 0.3) is 5.91 Å². The maximum Gasteiger partial charge on any atom is 0.419 e. The van der Waals surface area contributed by atoms with Crippen molar-refractivity contribution < 1.29 is 27.2 Å². The Bertz CT molecular complexity index is 1410. The molecule has 2 aromatic heterocycles. The van der Waals surface area contributed by atoms with Crippen molar-refractivity contribution in [3.63, 3.8) is 0 Å². The number of pyridine rings is 1. The van der Waals surface area contributed by atoms with E-state index in [9.17, 15) is 27.2 Å². The van der Waals surface area contributed by atoms with Crippen LogP contribution in [0.1, 0.15) is 47.3 Å². The summed E-state index contributed by atoms with van der Waals surface area (Å²) < 4.78 is 54.3. The van der Waals surface area contributed by atoms with Crippen molar-refractivity contribution >= 4 is 34.3 Å². The first-order chi connectivity index (χ1) is 18.0. The zero-order valence-electron chi connectivity index (χ0n) is 20.9. The molecule has 1 aromatic carbocycles. The summed E-state index contributed by atoms with van der Waals surface area (Å²) in [5, 5.41) is 12.8. The molecule has 0 aliphatic carbocycles. The lowest BCUT2D eigenvalue weighted by atomic mass is 9.93. The Hall–Kier alpha value is -3.74. The van der Waals surface area contributed by atoms with E-state index in [0.29, 0.717) is 41.1 Å². The van der Waals surface area contributed by atoms with Crippen LogP contribution in [0.15, 0.2) is 24.4 Å². The number of rotatable bonds is 5. The summed E-state index contributed by atoms with van der Waals surface area (Å²) in [6, 6.07) is 0.968. The number of carbonyl (C=O) groups excluding carboxylic acids is 2. The standard InChI is InChI=1S/C25H27F4N7O2/c1-14-19-20(31-13-24-7-3-9-36(24)10-4-8-24)16(12-30-21(19)35(2)34-14)22(37)33-23(38)32-15-5-6-18(26)17(11-15)25(27,28)29/h5-6,11-12H,3-4,7-10,13H2,1-2H3,(H,30,31)(H2,32,33,37,38). The molecule has 0 unspecified atom stereocenters. The maximum absolute atomic E-state index is 13.6. The minimum atomic E-state index is -4.94. The van der Waals surface area contributed by atoms with Crippen LogP contribution < -0.4 is 16.0 Å². The SMILES string of the molecule is Cc1nn(C)c2ncc(C(=O)NC(=O)Nc3ccc(F)c(C(F)(F)F)c3)c(NCC34CCCN3CCC4)c12. The molecule has 0 atom stereocenters. The van der Waals surface area contributed by atoms with Gasteiger partial charge in [0.15, 0.2) is 5.65 Å². The quantitative estimate of drug-likeness (QED) is 0.419. The number of halogens is 4. The highest BCUT2D eigenvalue weighted by Gasteiger charge is 2.44. The lowest BCUT2D eigenvalue weighted by molar-refractivity contribution is -0.139. The Labute approximate surface area is 215 Å². The van der Waals surface area contributed by atoms with Crippen LogP contribution in [0.25, 0.3) is 11.0 Å². The second-order valence-electron chi connectivity index (χ2n) is 9.83. The Kier molecular flexibility index (Phi) is 6.49. The number of carbonyl (C=O) groups is 2. The van der Waals surface area contributed by atoms with Crippen molar-refractivity contribution in [3.05, 3.63) is 47.0 Å². The third-order valence-corrected chi connectivity index (χ3v) is 7.43. The third kappa shape index (κ3) is 4.66. The molecule has 2 aliphatic heterocycles. The van der Waals surface area contributed by atoms with Gasteiger partial charge in [-0.3, -0.25) is 19.7 Å². The molecule has 2 saturated heterocycles. The second kappa shape index (κ2) is 9.53. The molecule has 0 saturated carbocycles. The molecular weight excluding hydrogens is 506 g/mol. The predicted molar refractivity (Wildman–Crippen MR) is 132 cm³/mol. The number of hydrogen-bond donors (Lipinski definition) is 3. The summed E-state index contributed by atoms with van der Waals surface area (Å²) >= 11 is 0. The van der Waals surface area contributed by atoms with E-state index in [1.54, 1.807) is 18.7 Å². The van der Waals surface area contributed by atoms with Crippen LogP contribution >= 0.6 is 0 Å². The van der Waals surface area contributed by atoms with E-state index < -0.39 is 29.5 Å². The van der Waals surface area contributed by atoms with Gasteiger partial charge in [0.1, 0.15) is 5.82 Å². The summed E-state index contributed by atoms with van der Waals surface area (Å²) in [5.41, 5.74) is -0.0602. The summed E-state index contributed by atoms with van der Waals surface area (Å²) in [7, 11) is 1.74. The molecule has 3 aromatic rings. The van der Waals surface area contributed by atoms with Crippen molar-refractivity contribution in [2.45, 2.75) is 44.3 Å². The second-order valence-corrected chi connectivity index (χ2v) is 9.83. The molecule has 0 bridgehead atoms. The Morgan fingerprint density at radius 1 is 1.16 bits per heavy atom. The van der Waals surface area contributed by atoms with Crippen LogP contribution in [-0.4, -0.2) is 56.8 Å². The Morgan fingerprint density at radius 3 is 2.55 bits per heavy atom. The third-order valence-electron chi connectivity index (χ3n) is 7.43. The fourth-order valence-electron chi connectivity index (χ4n) is 5.69. The molecule has 0 spiro atoms. The zero-order chi connectivity index (χ0) is 27.2. The van der Waals surface area contributed by atoms with E-state index in [4.69, 9.17) is 0 Å². The average molecular weight is 534 g/mol. The molecule has 13 heteroatoms. The van der Waals surface area contributed by atoms with Gasteiger partial charge in [-0.15, -0.1) is 0 Å². The first kappa shape index (κ1) is 25.9. The summed E-state index contributed by atoms with van der Waals surface area (Å²) in [6.07, 6.45) is 0.694. The highest BCUT2D eigenvalue weighted by molar-refractivity contribution is 6.13. The predicted octanol–water partition coefficient (Wildman–Crippen LogP) is 4.44. The number of urea groups is 1. The van der Waals surface area contributed by atoms with E-state index in [2.05, 4.69) is 30.9 Å². The number of aryl methyl sites for hydroxylation is 2. The molecular formula is C25H27F4N7O2. The van der Waals surface area contributed by atoms with Crippen LogP contribution in [0.3, 0.4) is 0 Å². The van der Waals surface area contributed by atoms with E-state index in [1.165, 1.54) is 6.20 Å². The highest BCUT2D eigenvalue weighted by Crippen LogP contribution is 2.40. The molecule has 5 rings (SSSR count). The van der Waals surface area contributed by atoms with E-state index in [1.807, 2.05) is 0 Å². The Morgan fingerprint density at radius 2 is 1.87 bits per heavy atom. The van der Waals surface area contributed by atoms with Gasteiger partial charge in [0.05, 0.1) is 27.9 Å². The van der Waals surface area contributed by atoms with Crippen molar-refractivity contribution in [1.29, 1.82) is 0 Å². The number of aromatic nitrogens is 3. The van der Waals surface area contributed by atoms with Gasteiger partial charge in [-0.2, -0.15) is 18.3 Å². The average Bonchev–Trinajstić information content (AvgIpc) is 3.50. The minimum absolute atomic E-state index is 0.00436. The van der Waals surface area contributed by atoms with Crippen molar-refractivity contribution in [3.8, 4) is 0 Å². The molecule has 4 heterocycles. The summed E-state index contributed by atoms with van der Waals surface area (Å²) in [4.78, 5) is 32.6. The van der Waals surface area contributed by atoms with Crippen LogP contribution in [0, 0.1) is 12.7 Å². The molecule has 3 amide bonds. The summed E-state index contributed by atoms with van der Waals surface area (Å²) in [5.74, 6) is -2.27. The fourth-order valence-corrected chi connectivity index (χ4v) is 5.69. The fraction of sp³-hybridized carbons (Fsp3) is 0.440. The number of anilines is 2. The van der Waals surface area contributed by atoms with Crippen LogP contribution in [0.5, 0.6) is 0 Å². The van der Waals surface area contributed by atoms with Crippen LogP contribution in [0.2, 0.25) is 0 Å². The normalized spacial score (nSPS) is 17.0. The van der Waals surface area contributed by atoms with Gasteiger partial charge in [0, 0.05) is 31.0 Å². The van der Waals surface area contributed by atoms with Crippen LogP contribution in [-0.2, 0) is 13.2 Å². The van der Waals surface area contributed by atoms with E-state index in [-0.39, 0.29) is 16.8 Å². The monoisotopic (exact) mass is 533 g/mol. The summed E-state index contributed by atoms with van der Waals surface area (Å²) in [6.45, 7) is 4.47. The van der Waals surface area contributed by atoms with Gasteiger partial charge in [-0.1, -0.05) is 0 Å². The topological polar surface area (TPSA) is 104 Å². The molecule has 2 fully saturated rings. The van der Waals surface area contributed by atoms with Gasteiger partial charge in [-0.25, -0.2) is 14.2 Å². The lowest BCUT2D eigenvalue weighted by Crippen LogP contribution is -2.44. The Balaban J connectivity index is 1.40. The zero-order valence-corrected chi connectivity index (χ0v) is 20.9. The molecule has 38 heavy (non-hydrogen) atoms. The maximum atomic E-state index is 13.6. The largest absolute Gasteiger partial charge is 0.419 e. The lowest BCUT2D eigenvalue weighted by Gasteiger charge is -2.33. The molecule has 3 N–H and O–H groups in total. The van der Waals surface area contributed by atoms with Crippen molar-refractivity contribution in [2.75, 3.05) is 30.3 Å². The van der Waals surface area contributed by atoms with Crippen LogP contribution in [0.4, 0.5) is 33.7 Å². The molecule has 9 nitrogen and oxygen atoms in total. The van der Waals surface area contributed by atoms with E-state index >= 15 is 0 Å². The number of amides is 3. The number of imide groups is 1. The molecule has 202 valence electrons. The number of alkyl halides is 3. The van der Waals surface area contributed by atoms with Crippen molar-refractivity contribution in [1.82, 2.24) is 25.0 Å². The van der Waals surface area contributed by atoms with Gasteiger partial charge in [0.2, 0.25) is 0 Å².